The highest BCUT2D eigenvalue weighted by Gasteiger charge is 2.23. The molecule has 0 aromatic heterocycles. The van der Waals surface area contributed by atoms with E-state index < -0.39 is 22.3 Å². The second-order valence-electron chi connectivity index (χ2n) is 5.05. The number of non-ortho nitro benzene ring substituents is 1. The van der Waals surface area contributed by atoms with Crippen LogP contribution in [0.4, 0.5) is 5.69 Å². The summed E-state index contributed by atoms with van der Waals surface area (Å²) < 4.78 is 5.15. The summed E-state index contributed by atoms with van der Waals surface area (Å²) in [4.78, 5) is 32.3. The predicted molar refractivity (Wildman–Crippen MR) is 73.1 cm³/mol. The highest BCUT2D eigenvalue weighted by molar-refractivity contribution is 5.79. The van der Waals surface area contributed by atoms with E-state index in [1.165, 1.54) is 24.3 Å². The van der Waals surface area contributed by atoms with Gasteiger partial charge in [0.2, 0.25) is 0 Å². The number of nitro groups is 1. The predicted octanol–water partition coefficient (Wildman–Crippen LogP) is 1.34. The molecule has 0 aliphatic carbocycles. The first kappa shape index (κ1) is 16.4. The SMILES string of the molecule is CC(C)(CC(=O)O)NC(=O)COc1cccc([N+](=O)[O-])c1. The van der Waals surface area contributed by atoms with E-state index in [2.05, 4.69) is 5.32 Å². The summed E-state index contributed by atoms with van der Waals surface area (Å²) in [5.41, 5.74) is -1.05. The summed E-state index contributed by atoms with van der Waals surface area (Å²) in [6.07, 6.45) is -0.227. The van der Waals surface area contributed by atoms with Crippen molar-refractivity contribution < 1.29 is 24.4 Å². The van der Waals surface area contributed by atoms with Crippen LogP contribution in [0.2, 0.25) is 0 Å². The average Bonchev–Trinajstić information content (AvgIpc) is 2.34. The number of nitrogens with one attached hydrogen (secondary N) is 1. The Hall–Kier alpha value is -2.64. The minimum atomic E-state index is -1.03. The zero-order valence-electron chi connectivity index (χ0n) is 11.7. The number of aliphatic carboxylic acids is 1. The van der Waals surface area contributed by atoms with E-state index in [0.717, 1.165) is 0 Å². The summed E-state index contributed by atoms with van der Waals surface area (Å²) in [6.45, 7) is 2.79. The van der Waals surface area contributed by atoms with Crippen LogP contribution in [0.5, 0.6) is 5.75 Å². The van der Waals surface area contributed by atoms with Crippen molar-refractivity contribution in [1.29, 1.82) is 0 Å². The van der Waals surface area contributed by atoms with E-state index in [9.17, 15) is 19.7 Å². The molecule has 8 nitrogen and oxygen atoms in total. The van der Waals surface area contributed by atoms with Gasteiger partial charge in [-0.25, -0.2) is 0 Å². The van der Waals surface area contributed by atoms with Gasteiger partial charge in [-0.2, -0.15) is 0 Å². The van der Waals surface area contributed by atoms with E-state index in [1.54, 1.807) is 13.8 Å². The van der Waals surface area contributed by atoms with Crippen LogP contribution in [0.3, 0.4) is 0 Å². The number of ether oxygens (including phenoxy) is 1. The van der Waals surface area contributed by atoms with E-state index in [1.807, 2.05) is 0 Å². The summed E-state index contributed by atoms with van der Waals surface area (Å²) >= 11 is 0. The molecule has 1 aromatic carbocycles. The molecular weight excluding hydrogens is 280 g/mol. The Morgan fingerprint density at radius 2 is 2.10 bits per heavy atom. The second-order valence-corrected chi connectivity index (χ2v) is 5.05. The maximum atomic E-state index is 11.7. The lowest BCUT2D eigenvalue weighted by Gasteiger charge is -2.24. The Labute approximate surface area is 120 Å². The van der Waals surface area contributed by atoms with Gasteiger partial charge in [0.05, 0.1) is 17.4 Å². The van der Waals surface area contributed by atoms with Gasteiger partial charge in [-0.05, 0) is 19.9 Å². The van der Waals surface area contributed by atoms with Crippen molar-refractivity contribution in [2.75, 3.05) is 6.61 Å². The molecule has 21 heavy (non-hydrogen) atoms. The number of rotatable bonds is 7. The molecule has 2 N–H and O–H groups in total. The highest BCUT2D eigenvalue weighted by Crippen LogP contribution is 2.19. The van der Waals surface area contributed by atoms with Crippen LogP contribution >= 0.6 is 0 Å². The lowest BCUT2D eigenvalue weighted by atomic mass is 10.0. The van der Waals surface area contributed by atoms with Crippen LogP contribution in [0.1, 0.15) is 20.3 Å². The molecule has 1 amide bonds. The average molecular weight is 296 g/mol. The standard InChI is InChI=1S/C13H16N2O6/c1-13(2,7-12(17)18)14-11(16)8-21-10-5-3-4-9(6-10)15(19)20/h3-6H,7-8H2,1-2H3,(H,14,16)(H,17,18). The topological polar surface area (TPSA) is 119 Å². The van der Waals surface area contributed by atoms with Crippen molar-refractivity contribution in [2.45, 2.75) is 25.8 Å². The van der Waals surface area contributed by atoms with E-state index in [-0.39, 0.29) is 24.5 Å². The third kappa shape index (κ3) is 5.89. The Kier molecular flexibility index (Phi) is 5.23. The molecule has 0 bridgehead atoms. The number of benzene rings is 1. The lowest BCUT2D eigenvalue weighted by Crippen LogP contribution is -2.46. The number of carbonyl (C=O) groups excluding carboxylic acids is 1. The Morgan fingerprint density at radius 3 is 2.67 bits per heavy atom. The molecule has 8 heteroatoms. The molecule has 1 aromatic rings. The van der Waals surface area contributed by atoms with E-state index in [0.29, 0.717) is 0 Å². The Balaban J connectivity index is 2.55. The summed E-state index contributed by atoms with van der Waals surface area (Å²) in [7, 11) is 0. The van der Waals surface area contributed by atoms with Crippen molar-refractivity contribution in [3.63, 3.8) is 0 Å². The van der Waals surface area contributed by atoms with Crippen LogP contribution in [-0.2, 0) is 9.59 Å². The van der Waals surface area contributed by atoms with Gasteiger partial charge in [-0.3, -0.25) is 19.7 Å². The zero-order chi connectivity index (χ0) is 16.0. The number of nitrogens with zero attached hydrogens (tertiary/aromatic N) is 1. The van der Waals surface area contributed by atoms with E-state index in [4.69, 9.17) is 9.84 Å². The van der Waals surface area contributed by atoms with Crippen molar-refractivity contribution in [3.05, 3.63) is 34.4 Å². The van der Waals surface area contributed by atoms with Gasteiger partial charge in [0.25, 0.3) is 11.6 Å². The Bertz CT molecular complexity index is 555. The van der Waals surface area contributed by atoms with Gasteiger partial charge in [0.15, 0.2) is 6.61 Å². The molecule has 1 rings (SSSR count). The molecule has 0 atom stereocenters. The first-order valence-corrected chi connectivity index (χ1v) is 6.10. The molecular formula is C13H16N2O6. The van der Waals surface area contributed by atoms with Gasteiger partial charge in [-0.15, -0.1) is 0 Å². The Morgan fingerprint density at radius 1 is 1.43 bits per heavy atom. The van der Waals surface area contributed by atoms with Crippen LogP contribution in [0.25, 0.3) is 0 Å². The van der Waals surface area contributed by atoms with Crippen LogP contribution in [0.15, 0.2) is 24.3 Å². The molecule has 0 fully saturated rings. The maximum Gasteiger partial charge on any atom is 0.305 e. The summed E-state index contributed by atoms with van der Waals surface area (Å²) in [6, 6.07) is 5.45. The summed E-state index contributed by atoms with van der Waals surface area (Å²) in [5.74, 6) is -1.34. The maximum absolute atomic E-state index is 11.7. The summed E-state index contributed by atoms with van der Waals surface area (Å²) in [5, 5.41) is 21.8. The lowest BCUT2D eigenvalue weighted by molar-refractivity contribution is -0.384. The number of carbonyl (C=O) groups is 2. The van der Waals surface area contributed by atoms with Crippen molar-refractivity contribution in [2.24, 2.45) is 0 Å². The molecule has 0 unspecified atom stereocenters. The number of hydrogen-bond donors (Lipinski definition) is 2. The fraction of sp³-hybridized carbons (Fsp3) is 0.385. The normalized spacial score (nSPS) is 10.8. The third-order valence-electron chi connectivity index (χ3n) is 2.47. The first-order chi connectivity index (χ1) is 9.69. The second kappa shape index (κ2) is 6.69. The van der Waals surface area contributed by atoms with Gasteiger partial charge >= 0.3 is 5.97 Å². The van der Waals surface area contributed by atoms with Crippen molar-refractivity contribution in [3.8, 4) is 5.75 Å². The quantitative estimate of drug-likeness (QED) is 0.579. The van der Waals surface area contributed by atoms with Crippen LogP contribution in [0, 0.1) is 10.1 Å². The number of carboxylic acid groups (broad SMARTS) is 1. The molecule has 0 radical (unpaired) electrons. The van der Waals surface area contributed by atoms with Gasteiger partial charge in [-0.1, -0.05) is 6.07 Å². The first-order valence-electron chi connectivity index (χ1n) is 6.10. The number of amides is 1. The van der Waals surface area contributed by atoms with Crippen LogP contribution in [-0.4, -0.2) is 34.1 Å². The van der Waals surface area contributed by atoms with Crippen molar-refractivity contribution >= 4 is 17.6 Å². The fourth-order valence-electron chi connectivity index (χ4n) is 1.67. The largest absolute Gasteiger partial charge is 0.484 e. The minimum Gasteiger partial charge on any atom is -0.484 e. The zero-order valence-corrected chi connectivity index (χ0v) is 11.7. The van der Waals surface area contributed by atoms with Crippen molar-refractivity contribution in [1.82, 2.24) is 5.32 Å². The number of carboxylic acids is 1. The monoisotopic (exact) mass is 296 g/mol. The third-order valence-corrected chi connectivity index (χ3v) is 2.47. The molecule has 0 aliphatic heterocycles. The van der Waals surface area contributed by atoms with Crippen LogP contribution < -0.4 is 10.1 Å². The van der Waals surface area contributed by atoms with Gasteiger partial charge < -0.3 is 15.2 Å². The number of nitro benzene ring substituents is 1. The minimum absolute atomic E-state index is 0.140. The highest BCUT2D eigenvalue weighted by atomic mass is 16.6. The number of hydrogen-bond acceptors (Lipinski definition) is 5. The molecule has 114 valence electrons. The van der Waals surface area contributed by atoms with E-state index >= 15 is 0 Å². The smallest absolute Gasteiger partial charge is 0.305 e. The molecule has 0 saturated carbocycles. The fourth-order valence-corrected chi connectivity index (χ4v) is 1.67. The van der Waals surface area contributed by atoms with Gasteiger partial charge in [0, 0.05) is 11.6 Å². The van der Waals surface area contributed by atoms with Gasteiger partial charge in [0.1, 0.15) is 5.75 Å². The molecule has 0 aliphatic rings. The molecule has 0 spiro atoms. The molecule has 0 heterocycles. The molecule has 0 saturated heterocycles.